The van der Waals surface area contributed by atoms with Gasteiger partial charge in [-0.05, 0) is 0 Å². The van der Waals surface area contributed by atoms with E-state index in [4.69, 9.17) is 33.2 Å². The highest BCUT2D eigenvalue weighted by Crippen LogP contribution is 2.34. The van der Waals surface area contributed by atoms with Crippen molar-refractivity contribution in [1.82, 2.24) is 5.32 Å². The first-order valence-corrected chi connectivity index (χ1v) is 15.1. The van der Waals surface area contributed by atoms with Crippen LogP contribution in [0.1, 0.15) is 6.92 Å². The quantitative estimate of drug-likeness (QED) is 0.0947. The molecule has 4 aliphatic rings. The number of carbonyl (C=O) groups excluding carboxylic acids is 1. The van der Waals surface area contributed by atoms with Crippen molar-refractivity contribution in [3.05, 3.63) is 0 Å². The van der Waals surface area contributed by atoms with Crippen LogP contribution in [0.3, 0.4) is 0 Å². The molecule has 0 aromatic rings. The second kappa shape index (κ2) is 16.8. The molecule has 20 atom stereocenters. The Bertz CT molecular complexity index is 1030. The van der Waals surface area contributed by atoms with Crippen LogP contribution in [-0.2, 0) is 38.0 Å². The maximum Gasteiger partial charge on any atom is 0.217 e. The molecule has 280 valence electrons. The Labute approximate surface area is 272 Å². The van der Waals surface area contributed by atoms with Gasteiger partial charge < -0.3 is 105 Å². The van der Waals surface area contributed by atoms with Gasteiger partial charge in [-0.3, -0.25) is 4.79 Å². The van der Waals surface area contributed by atoms with Crippen LogP contribution < -0.4 is 5.32 Å². The number of ether oxygens (including phenoxy) is 7. The third-order valence-corrected chi connectivity index (χ3v) is 8.61. The predicted octanol–water partition coefficient (Wildman–Crippen LogP) is -9.61. The Kier molecular flexibility index (Phi) is 13.8. The Morgan fingerprint density at radius 3 is 1.50 bits per heavy atom. The van der Waals surface area contributed by atoms with E-state index < -0.39 is 155 Å². The van der Waals surface area contributed by atoms with Gasteiger partial charge in [-0.1, -0.05) is 0 Å². The first-order valence-electron chi connectivity index (χ1n) is 15.1. The van der Waals surface area contributed by atoms with Gasteiger partial charge in [0.2, 0.25) is 5.91 Å². The van der Waals surface area contributed by atoms with E-state index in [1.54, 1.807) is 0 Å². The lowest BCUT2D eigenvalue weighted by molar-refractivity contribution is -0.379. The fraction of sp³-hybridized carbons (Fsp3) is 0.962. The molecule has 0 spiro atoms. The molecule has 22 nitrogen and oxygen atoms in total. The SMILES string of the molecule is CC(=O)NC1[C@H](O[C@@H]2C(O)[C@H](O[C@@H]3C(CO)OC(O)C(O)[C@H]3O)OC(CO)[C@@H]2O)OC(CO)[C@@H](O)[C@@H]1O[C@@H]1OC(CO)[C@H](O)[C@H](O)C1O. The second-order valence-corrected chi connectivity index (χ2v) is 11.9. The van der Waals surface area contributed by atoms with E-state index >= 15 is 0 Å². The van der Waals surface area contributed by atoms with Crippen molar-refractivity contribution in [3.63, 3.8) is 0 Å². The molecule has 0 radical (unpaired) electrons. The Balaban J connectivity index is 1.61. The maximum atomic E-state index is 12.3. The van der Waals surface area contributed by atoms with Gasteiger partial charge in [-0.25, -0.2) is 0 Å². The van der Waals surface area contributed by atoms with Crippen molar-refractivity contribution in [2.24, 2.45) is 0 Å². The van der Waals surface area contributed by atoms with Gasteiger partial charge in [0.15, 0.2) is 25.2 Å². The fourth-order valence-electron chi connectivity index (χ4n) is 5.94. The van der Waals surface area contributed by atoms with E-state index in [0.29, 0.717) is 0 Å². The molecule has 4 aliphatic heterocycles. The highest BCUT2D eigenvalue weighted by molar-refractivity contribution is 5.73. The average molecular weight is 708 g/mol. The summed E-state index contributed by atoms with van der Waals surface area (Å²) < 4.78 is 38.7. The summed E-state index contributed by atoms with van der Waals surface area (Å²) >= 11 is 0. The van der Waals surface area contributed by atoms with E-state index in [1.165, 1.54) is 0 Å². The zero-order valence-corrected chi connectivity index (χ0v) is 25.5. The molecule has 0 bridgehead atoms. The summed E-state index contributed by atoms with van der Waals surface area (Å²) in [6.45, 7) is -2.41. The number of rotatable bonds is 11. The summed E-state index contributed by atoms with van der Waals surface area (Å²) in [5, 5.41) is 136. The predicted molar refractivity (Wildman–Crippen MR) is 145 cm³/mol. The molecule has 14 N–H and O–H groups in total. The normalized spacial score (nSPS) is 50.2. The van der Waals surface area contributed by atoms with Crippen LogP contribution in [0.25, 0.3) is 0 Å². The molecule has 4 heterocycles. The second-order valence-electron chi connectivity index (χ2n) is 11.9. The van der Waals surface area contributed by atoms with E-state index in [0.717, 1.165) is 6.92 Å². The zero-order chi connectivity index (χ0) is 35.6. The van der Waals surface area contributed by atoms with Gasteiger partial charge in [0, 0.05) is 6.92 Å². The fourth-order valence-corrected chi connectivity index (χ4v) is 5.94. The van der Waals surface area contributed by atoms with Crippen molar-refractivity contribution < 1.29 is 104 Å². The van der Waals surface area contributed by atoms with E-state index in [1.807, 2.05) is 0 Å². The lowest BCUT2D eigenvalue weighted by Gasteiger charge is -2.50. The molecule has 9 unspecified atom stereocenters. The third kappa shape index (κ3) is 8.08. The van der Waals surface area contributed by atoms with Crippen LogP contribution in [0.15, 0.2) is 0 Å². The molecule has 0 saturated carbocycles. The van der Waals surface area contributed by atoms with Crippen molar-refractivity contribution in [2.75, 3.05) is 26.4 Å². The van der Waals surface area contributed by atoms with Crippen molar-refractivity contribution in [1.29, 1.82) is 0 Å². The average Bonchev–Trinajstić information content (AvgIpc) is 3.06. The minimum atomic E-state index is -2.04. The number of aliphatic hydroxyl groups excluding tert-OH is 13. The van der Waals surface area contributed by atoms with Crippen LogP contribution in [-0.4, -0.2) is 221 Å². The Morgan fingerprint density at radius 2 is 0.958 bits per heavy atom. The molecule has 4 fully saturated rings. The first kappa shape index (κ1) is 39.5. The number of nitrogens with one attached hydrogen (secondary N) is 1. The molecule has 0 aliphatic carbocycles. The molecule has 4 rings (SSSR count). The van der Waals surface area contributed by atoms with E-state index in [-0.39, 0.29) is 0 Å². The van der Waals surface area contributed by atoms with Crippen molar-refractivity contribution in [3.8, 4) is 0 Å². The summed E-state index contributed by atoms with van der Waals surface area (Å²) in [5.74, 6) is -0.765. The van der Waals surface area contributed by atoms with E-state index in [2.05, 4.69) is 5.32 Å². The lowest BCUT2D eigenvalue weighted by atomic mass is 9.94. The first-order chi connectivity index (χ1) is 22.7. The van der Waals surface area contributed by atoms with Crippen molar-refractivity contribution in [2.45, 2.75) is 130 Å². The third-order valence-electron chi connectivity index (χ3n) is 8.61. The monoisotopic (exact) mass is 707 g/mol. The summed E-state index contributed by atoms with van der Waals surface area (Å²) in [6, 6.07) is -1.61. The standard InChI is InChI=1S/C26H45NO21/c1-6(32)27-11-21(47-25-18(39)15(36)12(33)7(2-28)44-25)13(34)8(3-29)43-24(11)48-22-14(35)9(4-30)45-26(19(22)40)46-20-10(5-31)42-23(41)17(38)16(20)37/h7-26,28-31,33-41H,2-5H2,1H3,(H,27,32)/t7?,8?,9?,10?,11?,12-,13+,14-,15-,16+,17?,18?,19?,20+,21+,22-,23?,24-,25-,26-/m0/s1. The van der Waals surface area contributed by atoms with Gasteiger partial charge in [-0.2, -0.15) is 0 Å². The summed E-state index contributed by atoms with van der Waals surface area (Å²) in [7, 11) is 0. The minimum absolute atomic E-state index is 0.765. The highest BCUT2D eigenvalue weighted by atomic mass is 16.8. The molecule has 1 amide bonds. The van der Waals surface area contributed by atoms with Gasteiger partial charge in [0.25, 0.3) is 0 Å². The molecule has 0 aromatic heterocycles. The summed E-state index contributed by atoms with van der Waals surface area (Å²) in [4.78, 5) is 12.3. The van der Waals surface area contributed by atoms with Crippen LogP contribution >= 0.6 is 0 Å². The largest absolute Gasteiger partial charge is 0.394 e. The van der Waals surface area contributed by atoms with Gasteiger partial charge >= 0.3 is 0 Å². The Morgan fingerprint density at radius 1 is 0.500 bits per heavy atom. The minimum Gasteiger partial charge on any atom is -0.394 e. The molecule has 4 saturated heterocycles. The van der Waals surface area contributed by atoms with Gasteiger partial charge in [0.1, 0.15) is 97.6 Å². The van der Waals surface area contributed by atoms with Gasteiger partial charge in [-0.15, -0.1) is 0 Å². The molecular formula is C26H45NO21. The molecular weight excluding hydrogens is 662 g/mol. The molecule has 22 heteroatoms. The highest BCUT2D eigenvalue weighted by Gasteiger charge is 2.55. The molecule has 0 aromatic carbocycles. The Hall–Kier alpha value is -1.33. The van der Waals surface area contributed by atoms with Crippen LogP contribution in [0.5, 0.6) is 0 Å². The van der Waals surface area contributed by atoms with Crippen LogP contribution in [0.2, 0.25) is 0 Å². The van der Waals surface area contributed by atoms with Crippen LogP contribution in [0, 0.1) is 0 Å². The van der Waals surface area contributed by atoms with Crippen LogP contribution in [0.4, 0.5) is 0 Å². The maximum absolute atomic E-state index is 12.3. The summed E-state index contributed by atoms with van der Waals surface area (Å²) in [6.07, 6.45) is -33.8. The number of carbonyl (C=O) groups is 1. The number of amides is 1. The van der Waals surface area contributed by atoms with Crippen molar-refractivity contribution >= 4 is 5.91 Å². The smallest absolute Gasteiger partial charge is 0.217 e. The topological polar surface area (TPSA) is 357 Å². The lowest BCUT2D eigenvalue weighted by Crippen LogP contribution is -2.70. The molecule has 48 heavy (non-hydrogen) atoms. The van der Waals surface area contributed by atoms with Gasteiger partial charge in [0.05, 0.1) is 26.4 Å². The zero-order valence-electron chi connectivity index (χ0n) is 25.5. The number of aliphatic hydroxyl groups is 13. The van der Waals surface area contributed by atoms with E-state index in [9.17, 15) is 71.2 Å². The summed E-state index contributed by atoms with van der Waals surface area (Å²) in [5.41, 5.74) is 0. The number of hydrogen-bond acceptors (Lipinski definition) is 21. The number of hydrogen-bond donors (Lipinski definition) is 14.